The molecule has 2 bridgehead atoms. The number of fused-ring (bicyclic) bond motifs is 5. The molecule has 6 nitrogen and oxygen atoms in total. The standard InChI is InChI=1S/C18H19N3O3/c1-10(13-4-2-3-7-19-13)20-14(22)9-21-17(23)15-11-5-6-12(8-11)16(15)18(21)24/h2-7,10-12,15-16H,8-9H2,1H3,(H,20,22). The third-order valence-electron chi connectivity index (χ3n) is 5.37. The molecule has 3 amide bonds. The van der Waals surface area contributed by atoms with Gasteiger partial charge < -0.3 is 5.32 Å². The molecule has 1 aromatic heterocycles. The van der Waals surface area contributed by atoms with E-state index in [9.17, 15) is 14.4 Å². The Kier molecular flexibility index (Phi) is 3.48. The number of pyridine rings is 1. The summed E-state index contributed by atoms with van der Waals surface area (Å²) in [5.41, 5.74) is 0.740. The molecule has 6 heteroatoms. The maximum atomic E-state index is 12.6. The highest BCUT2D eigenvalue weighted by Crippen LogP contribution is 2.52. The summed E-state index contributed by atoms with van der Waals surface area (Å²) < 4.78 is 0. The van der Waals surface area contributed by atoms with E-state index in [1.54, 1.807) is 12.3 Å². The van der Waals surface area contributed by atoms with Gasteiger partial charge in [-0.05, 0) is 37.3 Å². The van der Waals surface area contributed by atoms with E-state index >= 15 is 0 Å². The Labute approximate surface area is 139 Å². The number of nitrogens with zero attached hydrogens (tertiary/aromatic N) is 2. The van der Waals surface area contributed by atoms with Crippen molar-refractivity contribution >= 4 is 17.7 Å². The van der Waals surface area contributed by atoms with Crippen LogP contribution in [0.25, 0.3) is 0 Å². The van der Waals surface area contributed by atoms with Crippen molar-refractivity contribution in [3.63, 3.8) is 0 Å². The Morgan fingerprint density at radius 3 is 2.50 bits per heavy atom. The molecule has 4 rings (SSSR count). The first kappa shape index (κ1) is 15.1. The van der Waals surface area contributed by atoms with Gasteiger partial charge >= 0.3 is 0 Å². The molecule has 1 saturated heterocycles. The number of likely N-dealkylation sites (tertiary alicyclic amines) is 1. The Morgan fingerprint density at radius 1 is 1.25 bits per heavy atom. The van der Waals surface area contributed by atoms with Gasteiger partial charge in [0.15, 0.2) is 0 Å². The SMILES string of the molecule is CC(NC(=O)CN1C(=O)C2C3C=CC(C3)C2C1=O)c1ccccn1. The van der Waals surface area contributed by atoms with Gasteiger partial charge in [-0.2, -0.15) is 0 Å². The van der Waals surface area contributed by atoms with Crippen molar-refractivity contribution in [2.24, 2.45) is 23.7 Å². The van der Waals surface area contributed by atoms with Crippen LogP contribution in [0.2, 0.25) is 0 Å². The van der Waals surface area contributed by atoms with Crippen LogP contribution in [0, 0.1) is 23.7 Å². The second-order valence-corrected chi connectivity index (χ2v) is 6.81. The summed E-state index contributed by atoms with van der Waals surface area (Å²) >= 11 is 0. The highest BCUT2D eigenvalue weighted by molar-refractivity contribution is 6.08. The van der Waals surface area contributed by atoms with Gasteiger partial charge in [0.1, 0.15) is 6.54 Å². The van der Waals surface area contributed by atoms with Gasteiger partial charge in [0.05, 0.1) is 23.6 Å². The summed E-state index contributed by atoms with van der Waals surface area (Å²) in [4.78, 5) is 42.7. The van der Waals surface area contributed by atoms with Crippen LogP contribution in [0.15, 0.2) is 36.5 Å². The summed E-state index contributed by atoms with van der Waals surface area (Å²) in [5.74, 6) is -0.906. The number of nitrogens with one attached hydrogen (secondary N) is 1. The smallest absolute Gasteiger partial charge is 0.240 e. The van der Waals surface area contributed by atoms with Crippen LogP contribution in [-0.4, -0.2) is 34.2 Å². The Balaban J connectivity index is 1.42. The van der Waals surface area contributed by atoms with Crippen LogP contribution in [0.4, 0.5) is 0 Å². The van der Waals surface area contributed by atoms with Crippen molar-refractivity contribution < 1.29 is 14.4 Å². The first-order valence-corrected chi connectivity index (χ1v) is 8.30. The van der Waals surface area contributed by atoms with E-state index in [0.717, 1.165) is 17.0 Å². The van der Waals surface area contributed by atoms with Crippen molar-refractivity contribution in [1.29, 1.82) is 0 Å². The number of allylic oxidation sites excluding steroid dienone is 2. The molecule has 2 aliphatic carbocycles. The average molecular weight is 325 g/mol. The van der Waals surface area contributed by atoms with Crippen LogP contribution in [0.3, 0.4) is 0 Å². The van der Waals surface area contributed by atoms with Crippen molar-refractivity contribution in [3.8, 4) is 0 Å². The Hall–Kier alpha value is -2.50. The minimum atomic E-state index is -0.338. The van der Waals surface area contributed by atoms with E-state index in [0.29, 0.717) is 0 Å². The molecule has 1 N–H and O–H groups in total. The third-order valence-corrected chi connectivity index (χ3v) is 5.37. The second-order valence-electron chi connectivity index (χ2n) is 6.81. The van der Waals surface area contributed by atoms with Gasteiger partial charge in [-0.1, -0.05) is 18.2 Å². The molecule has 2 fully saturated rings. The van der Waals surface area contributed by atoms with Crippen LogP contribution >= 0.6 is 0 Å². The maximum Gasteiger partial charge on any atom is 0.240 e. The second kappa shape index (κ2) is 5.54. The zero-order valence-electron chi connectivity index (χ0n) is 13.4. The molecule has 5 atom stereocenters. The summed E-state index contributed by atoms with van der Waals surface area (Å²) in [6.07, 6.45) is 6.65. The Bertz CT molecular complexity index is 700. The van der Waals surface area contributed by atoms with Crippen molar-refractivity contribution in [1.82, 2.24) is 15.2 Å². The molecule has 24 heavy (non-hydrogen) atoms. The van der Waals surface area contributed by atoms with Gasteiger partial charge in [-0.25, -0.2) is 0 Å². The van der Waals surface area contributed by atoms with Crippen molar-refractivity contribution in [2.45, 2.75) is 19.4 Å². The number of imide groups is 1. The molecule has 0 spiro atoms. The lowest BCUT2D eigenvalue weighted by molar-refractivity contribution is -0.144. The molecule has 124 valence electrons. The number of carbonyl (C=O) groups is 3. The van der Waals surface area contributed by atoms with Crippen LogP contribution in [0.5, 0.6) is 0 Å². The fourth-order valence-electron chi connectivity index (χ4n) is 4.26. The van der Waals surface area contributed by atoms with Gasteiger partial charge in [0.2, 0.25) is 17.7 Å². The van der Waals surface area contributed by atoms with E-state index in [1.807, 2.05) is 31.2 Å². The molecule has 1 aliphatic heterocycles. The molecular formula is C18H19N3O3. The number of aromatic nitrogens is 1. The molecule has 5 unspecified atom stereocenters. The monoisotopic (exact) mass is 325 g/mol. The number of rotatable bonds is 4. The normalized spacial score (nSPS) is 31.5. The first-order chi connectivity index (χ1) is 11.6. The van der Waals surface area contributed by atoms with Crippen molar-refractivity contribution in [3.05, 3.63) is 42.2 Å². The quantitative estimate of drug-likeness (QED) is 0.663. The van der Waals surface area contributed by atoms with Gasteiger partial charge in [-0.15, -0.1) is 0 Å². The van der Waals surface area contributed by atoms with Crippen LogP contribution in [-0.2, 0) is 14.4 Å². The summed E-state index contributed by atoms with van der Waals surface area (Å²) in [6, 6.07) is 5.21. The van der Waals surface area contributed by atoms with Gasteiger partial charge in [0.25, 0.3) is 0 Å². The van der Waals surface area contributed by atoms with Crippen LogP contribution in [0.1, 0.15) is 25.1 Å². The number of hydrogen-bond donors (Lipinski definition) is 1. The molecule has 2 heterocycles. The number of hydrogen-bond acceptors (Lipinski definition) is 4. The minimum absolute atomic E-state index is 0.164. The predicted octanol–water partition coefficient (Wildman–Crippen LogP) is 1.07. The van der Waals surface area contributed by atoms with E-state index in [1.165, 1.54) is 0 Å². The largest absolute Gasteiger partial charge is 0.346 e. The van der Waals surface area contributed by atoms with Gasteiger partial charge in [0, 0.05) is 6.20 Å². The fraction of sp³-hybridized carbons (Fsp3) is 0.444. The molecular weight excluding hydrogens is 306 g/mol. The van der Waals surface area contributed by atoms with Crippen molar-refractivity contribution in [2.75, 3.05) is 6.54 Å². The first-order valence-electron chi connectivity index (χ1n) is 8.30. The van der Waals surface area contributed by atoms with Gasteiger partial charge in [-0.3, -0.25) is 24.3 Å². The minimum Gasteiger partial charge on any atom is -0.346 e. The van der Waals surface area contributed by atoms with E-state index in [4.69, 9.17) is 0 Å². The Morgan fingerprint density at radius 2 is 1.92 bits per heavy atom. The highest BCUT2D eigenvalue weighted by atomic mass is 16.2. The topological polar surface area (TPSA) is 79.4 Å². The van der Waals surface area contributed by atoms with E-state index in [2.05, 4.69) is 10.3 Å². The lowest BCUT2D eigenvalue weighted by Gasteiger charge is -2.19. The molecule has 1 saturated carbocycles. The third kappa shape index (κ3) is 2.25. The maximum absolute atomic E-state index is 12.6. The van der Waals surface area contributed by atoms with E-state index < -0.39 is 0 Å². The molecule has 0 radical (unpaired) electrons. The fourth-order valence-corrected chi connectivity index (χ4v) is 4.26. The predicted molar refractivity (Wildman–Crippen MR) is 85.2 cm³/mol. The summed E-state index contributed by atoms with van der Waals surface area (Å²) in [5, 5.41) is 2.80. The van der Waals surface area contributed by atoms with Crippen LogP contribution < -0.4 is 5.32 Å². The lowest BCUT2D eigenvalue weighted by Crippen LogP contribution is -2.42. The summed E-state index contributed by atoms with van der Waals surface area (Å²) in [6.45, 7) is 1.62. The highest BCUT2D eigenvalue weighted by Gasteiger charge is 2.59. The zero-order valence-corrected chi connectivity index (χ0v) is 13.4. The number of amides is 3. The lowest BCUT2D eigenvalue weighted by atomic mass is 9.85. The van der Waals surface area contributed by atoms with E-state index in [-0.39, 0.29) is 54.0 Å². The number of carbonyl (C=O) groups excluding carboxylic acids is 3. The molecule has 1 aromatic rings. The molecule has 0 aromatic carbocycles. The molecule has 3 aliphatic rings. The summed E-state index contributed by atoms with van der Waals surface area (Å²) in [7, 11) is 0. The zero-order chi connectivity index (χ0) is 16.8. The average Bonchev–Trinajstić information content (AvgIpc) is 3.25.